The molecule has 1 amide bonds. The molecule has 2 atom stereocenters. The molecule has 2 heterocycles. The van der Waals surface area contributed by atoms with Crippen molar-refractivity contribution >= 4 is 33.6 Å². The van der Waals surface area contributed by atoms with Crippen LogP contribution in [0.2, 0.25) is 0 Å². The average Bonchev–Trinajstić information content (AvgIpc) is 2.61. The normalized spacial score (nSPS) is 20.5. The number of halogens is 1. The van der Waals surface area contributed by atoms with Crippen LogP contribution in [0.1, 0.15) is 33.1 Å². The van der Waals surface area contributed by atoms with Crippen molar-refractivity contribution in [2.45, 2.75) is 50.4 Å². The molecule has 1 aromatic carbocycles. The van der Waals surface area contributed by atoms with E-state index in [1.165, 1.54) is 18.2 Å². The van der Waals surface area contributed by atoms with E-state index in [2.05, 4.69) is 39.7 Å². The van der Waals surface area contributed by atoms with Crippen LogP contribution in [0.3, 0.4) is 0 Å². The predicted molar refractivity (Wildman–Crippen MR) is 106 cm³/mol. The van der Waals surface area contributed by atoms with Crippen molar-refractivity contribution < 1.29 is 4.79 Å². The summed E-state index contributed by atoms with van der Waals surface area (Å²) in [4.78, 5) is 23.6. The van der Waals surface area contributed by atoms with E-state index in [4.69, 9.17) is 0 Å². The Morgan fingerprint density at radius 3 is 2.56 bits per heavy atom. The molecule has 0 aliphatic carbocycles. The summed E-state index contributed by atoms with van der Waals surface area (Å²) >= 11 is 4.86. The minimum Gasteiger partial charge on any atom is -0.337 e. The minimum absolute atomic E-state index is 0.183. The van der Waals surface area contributed by atoms with Crippen molar-refractivity contribution in [3.8, 4) is 11.3 Å². The second-order valence-corrected chi connectivity index (χ2v) is 8.31. The number of hydrogen-bond donors (Lipinski definition) is 0. The van der Waals surface area contributed by atoms with Gasteiger partial charge in [0.2, 0.25) is 5.91 Å². The zero-order valence-electron chi connectivity index (χ0n) is 14.5. The quantitative estimate of drug-likeness (QED) is 0.527. The fourth-order valence-corrected chi connectivity index (χ4v) is 4.27. The average molecular weight is 420 g/mol. The van der Waals surface area contributed by atoms with Crippen molar-refractivity contribution in [1.29, 1.82) is 0 Å². The van der Waals surface area contributed by atoms with Crippen molar-refractivity contribution in [3.63, 3.8) is 0 Å². The molecule has 1 aromatic heterocycles. The summed E-state index contributed by atoms with van der Waals surface area (Å²) in [5.74, 6) is 0.570. The Morgan fingerprint density at radius 2 is 1.88 bits per heavy atom. The summed E-state index contributed by atoms with van der Waals surface area (Å²) in [5.41, 5.74) is 1.91. The lowest BCUT2D eigenvalue weighted by Crippen LogP contribution is -2.48. The fraction of sp³-hybridized carbons (Fsp3) is 0.421. The SMILES string of the molecule is CC1CCCC(C)N1C(=O)CSc1nccc(-c2ccc(Br)cc2)n1. The van der Waals surface area contributed by atoms with Crippen LogP contribution < -0.4 is 0 Å². The third-order valence-corrected chi connectivity index (χ3v) is 5.95. The van der Waals surface area contributed by atoms with Crippen LogP contribution >= 0.6 is 27.7 Å². The first-order valence-corrected chi connectivity index (χ1v) is 10.4. The summed E-state index contributed by atoms with van der Waals surface area (Å²) in [6.45, 7) is 4.28. The van der Waals surface area contributed by atoms with Crippen LogP contribution in [0.4, 0.5) is 0 Å². The van der Waals surface area contributed by atoms with Gasteiger partial charge in [-0.2, -0.15) is 0 Å². The first-order chi connectivity index (χ1) is 12.0. The fourth-order valence-electron chi connectivity index (χ4n) is 3.31. The van der Waals surface area contributed by atoms with E-state index in [9.17, 15) is 4.79 Å². The summed E-state index contributed by atoms with van der Waals surface area (Å²) in [6.07, 6.45) is 5.15. The Morgan fingerprint density at radius 1 is 1.20 bits per heavy atom. The lowest BCUT2D eigenvalue weighted by molar-refractivity contribution is -0.134. The molecular formula is C19H22BrN3OS. The second-order valence-electron chi connectivity index (χ2n) is 6.45. The smallest absolute Gasteiger partial charge is 0.233 e. The molecule has 0 saturated carbocycles. The van der Waals surface area contributed by atoms with E-state index in [1.807, 2.05) is 35.2 Å². The Labute approximate surface area is 161 Å². The monoisotopic (exact) mass is 419 g/mol. The van der Waals surface area contributed by atoms with Crippen LogP contribution in [0.25, 0.3) is 11.3 Å². The Hall–Kier alpha value is -1.40. The van der Waals surface area contributed by atoms with E-state index >= 15 is 0 Å². The highest BCUT2D eigenvalue weighted by atomic mass is 79.9. The summed E-state index contributed by atoms with van der Waals surface area (Å²) in [5, 5.41) is 0.645. The van der Waals surface area contributed by atoms with Gasteiger partial charge in [0.05, 0.1) is 11.4 Å². The number of rotatable bonds is 4. The first kappa shape index (κ1) is 18.4. The molecule has 0 spiro atoms. The van der Waals surface area contributed by atoms with E-state index in [0.29, 0.717) is 23.0 Å². The second kappa shape index (κ2) is 8.32. The van der Waals surface area contributed by atoms with Crippen LogP contribution in [0.5, 0.6) is 0 Å². The highest BCUT2D eigenvalue weighted by Crippen LogP contribution is 2.25. The molecular weight excluding hydrogens is 398 g/mol. The molecule has 2 unspecified atom stereocenters. The molecule has 4 nitrogen and oxygen atoms in total. The molecule has 3 rings (SSSR count). The number of hydrogen-bond acceptors (Lipinski definition) is 4. The van der Waals surface area contributed by atoms with Gasteiger partial charge in [0.15, 0.2) is 5.16 Å². The molecule has 0 N–H and O–H groups in total. The molecule has 1 fully saturated rings. The van der Waals surface area contributed by atoms with Crippen LogP contribution in [0, 0.1) is 0 Å². The predicted octanol–water partition coefficient (Wildman–Crippen LogP) is 4.79. The van der Waals surface area contributed by atoms with Crippen molar-refractivity contribution in [2.75, 3.05) is 5.75 Å². The molecule has 0 bridgehead atoms. The molecule has 2 aromatic rings. The van der Waals surface area contributed by atoms with Gasteiger partial charge in [-0.1, -0.05) is 39.8 Å². The topological polar surface area (TPSA) is 46.1 Å². The summed E-state index contributed by atoms with van der Waals surface area (Å²) in [6, 6.07) is 10.6. The van der Waals surface area contributed by atoms with Crippen LogP contribution in [-0.2, 0) is 4.79 Å². The van der Waals surface area contributed by atoms with Gasteiger partial charge in [-0.25, -0.2) is 9.97 Å². The van der Waals surface area contributed by atoms with Gasteiger partial charge >= 0.3 is 0 Å². The first-order valence-electron chi connectivity index (χ1n) is 8.57. The number of piperidine rings is 1. The third-order valence-electron chi connectivity index (χ3n) is 4.58. The molecule has 25 heavy (non-hydrogen) atoms. The van der Waals surface area contributed by atoms with E-state index in [-0.39, 0.29) is 5.91 Å². The minimum atomic E-state index is 0.183. The lowest BCUT2D eigenvalue weighted by atomic mass is 9.98. The Bertz CT molecular complexity index is 728. The van der Waals surface area contributed by atoms with Crippen LogP contribution in [-0.4, -0.2) is 38.6 Å². The van der Waals surface area contributed by atoms with Gasteiger partial charge in [0, 0.05) is 28.3 Å². The van der Waals surface area contributed by atoms with E-state index in [1.54, 1.807) is 6.20 Å². The van der Waals surface area contributed by atoms with Gasteiger partial charge in [-0.15, -0.1) is 0 Å². The molecule has 1 aliphatic rings. The maximum absolute atomic E-state index is 12.6. The van der Waals surface area contributed by atoms with Crippen molar-refractivity contribution in [2.24, 2.45) is 0 Å². The van der Waals surface area contributed by atoms with Gasteiger partial charge < -0.3 is 4.90 Å². The zero-order chi connectivity index (χ0) is 17.8. The van der Waals surface area contributed by atoms with E-state index in [0.717, 1.165) is 28.6 Å². The van der Waals surface area contributed by atoms with Gasteiger partial charge in [0.1, 0.15) is 0 Å². The molecule has 0 radical (unpaired) electrons. The number of benzene rings is 1. The number of amides is 1. The summed E-state index contributed by atoms with van der Waals surface area (Å²) in [7, 11) is 0. The number of nitrogens with zero attached hydrogens (tertiary/aromatic N) is 3. The maximum Gasteiger partial charge on any atom is 0.233 e. The Kier molecular flexibility index (Phi) is 6.12. The number of carbonyl (C=O) groups is 1. The van der Waals surface area contributed by atoms with E-state index < -0.39 is 0 Å². The summed E-state index contributed by atoms with van der Waals surface area (Å²) < 4.78 is 1.04. The standard InChI is InChI=1S/C19H22BrN3OS/c1-13-4-3-5-14(2)23(13)18(24)12-25-19-21-11-10-17(22-19)15-6-8-16(20)9-7-15/h6-11,13-14H,3-5,12H2,1-2H3. The lowest BCUT2D eigenvalue weighted by Gasteiger charge is -2.39. The molecule has 6 heteroatoms. The highest BCUT2D eigenvalue weighted by molar-refractivity contribution is 9.10. The number of thioether (sulfide) groups is 1. The van der Waals surface area contributed by atoms with Gasteiger partial charge in [-0.05, 0) is 51.3 Å². The number of aromatic nitrogens is 2. The molecule has 1 aliphatic heterocycles. The largest absolute Gasteiger partial charge is 0.337 e. The maximum atomic E-state index is 12.6. The molecule has 1 saturated heterocycles. The zero-order valence-corrected chi connectivity index (χ0v) is 16.9. The van der Waals surface area contributed by atoms with Crippen molar-refractivity contribution in [1.82, 2.24) is 14.9 Å². The number of likely N-dealkylation sites (tertiary alicyclic amines) is 1. The third kappa shape index (κ3) is 4.61. The van der Waals surface area contributed by atoms with Crippen LogP contribution in [0.15, 0.2) is 46.2 Å². The van der Waals surface area contributed by atoms with Crippen molar-refractivity contribution in [3.05, 3.63) is 41.0 Å². The Balaban J connectivity index is 1.66. The highest BCUT2D eigenvalue weighted by Gasteiger charge is 2.28. The number of carbonyl (C=O) groups excluding carboxylic acids is 1. The van der Waals surface area contributed by atoms with Gasteiger partial charge in [0.25, 0.3) is 0 Å². The van der Waals surface area contributed by atoms with Gasteiger partial charge in [-0.3, -0.25) is 4.79 Å². The molecule has 132 valence electrons.